The van der Waals surface area contributed by atoms with Gasteiger partial charge in [-0.15, -0.1) is 0 Å². The molecule has 0 rings (SSSR count). The van der Waals surface area contributed by atoms with Gasteiger partial charge in [0.15, 0.2) is 0 Å². The maximum atomic E-state index is 11.5. The number of hydrogen-bond donors (Lipinski definition) is 2. The van der Waals surface area contributed by atoms with Crippen molar-refractivity contribution in [2.24, 2.45) is 0 Å². The van der Waals surface area contributed by atoms with Crippen LogP contribution in [0.25, 0.3) is 0 Å². The molecule has 2 atom stereocenters. The molecule has 0 aromatic rings. The van der Waals surface area contributed by atoms with Crippen LogP contribution in [0.15, 0.2) is 0 Å². The first-order chi connectivity index (χ1) is 12.9. The minimum atomic E-state index is -3.96. The van der Waals surface area contributed by atoms with Crippen LogP contribution in [-0.2, 0) is 10.1 Å². The fourth-order valence-corrected chi connectivity index (χ4v) is 4.59. The van der Waals surface area contributed by atoms with Gasteiger partial charge in [-0.3, -0.25) is 4.55 Å². The summed E-state index contributed by atoms with van der Waals surface area (Å²) in [5.74, 6) is 0. The average Bonchev–Trinajstić information content (AvgIpc) is 2.61. The van der Waals surface area contributed by atoms with Crippen LogP contribution in [0.5, 0.6) is 0 Å². The van der Waals surface area contributed by atoms with Gasteiger partial charge >= 0.3 is 0 Å². The van der Waals surface area contributed by atoms with Crippen LogP contribution in [0.1, 0.15) is 129 Å². The van der Waals surface area contributed by atoms with E-state index in [1.54, 1.807) is 0 Å². The normalized spacial score (nSPS) is 14.4. The molecule has 0 aliphatic rings. The quantitative estimate of drug-likeness (QED) is 0.175. The molecule has 0 aliphatic carbocycles. The summed E-state index contributed by atoms with van der Waals surface area (Å²) in [6.45, 7) is 4.32. The van der Waals surface area contributed by atoms with Gasteiger partial charge in [-0.2, -0.15) is 8.42 Å². The molecule has 2 N–H and O–H groups in total. The zero-order valence-electron chi connectivity index (χ0n) is 18.0. The summed E-state index contributed by atoms with van der Waals surface area (Å²) in [5.41, 5.74) is 0. The summed E-state index contributed by atoms with van der Waals surface area (Å²) in [6.07, 6.45) is 18.5. The van der Waals surface area contributed by atoms with Crippen molar-refractivity contribution in [3.05, 3.63) is 0 Å². The maximum Gasteiger partial charge on any atom is 0.267 e. The highest BCUT2D eigenvalue weighted by Crippen LogP contribution is 2.19. The first-order valence-corrected chi connectivity index (χ1v) is 13.1. The minimum absolute atomic E-state index is 0.336. The fraction of sp³-hybridized carbons (Fsp3) is 1.00. The molecule has 164 valence electrons. The molecule has 0 amide bonds. The SMILES string of the molecule is CCCCCCCCCCCCC(O)CCCC(CCCCC)S(=O)(=O)O. The molecular formula is C22H46O4S. The third-order valence-corrected chi connectivity index (χ3v) is 6.82. The van der Waals surface area contributed by atoms with Crippen molar-refractivity contribution in [2.45, 2.75) is 141 Å². The van der Waals surface area contributed by atoms with Gasteiger partial charge in [0, 0.05) is 0 Å². The van der Waals surface area contributed by atoms with Crippen molar-refractivity contribution in [3.8, 4) is 0 Å². The van der Waals surface area contributed by atoms with E-state index in [2.05, 4.69) is 13.8 Å². The molecule has 0 radical (unpaired) electrons. The highest BCUT2D eigenvalue weighted by atomic mass is 32.2. The van der Waals surface area contributed by atoms with Gasteiger partial charge in [0.05, 0.1) is 11.4 Å². The zero-order chi connectivity index (χ0) is 20.4. The topological polar surface area (TPSA) is 74.6 Å². The van der Waals surface area contributed by atoms with Gasteiger partial charge in [-0.25, -0.2) is 0 Å². The second kappa shape index (κ2) is 17.9. The number of aliphatic hydroxyl groups is 1. The number of unbranched alkanes of at least 4 members (excludes halogenated alkanes) is 11. The Hall–Kier alpha value is -0.130. The van der Waals surface area contributed by atoms with E-state index in [9.17, 15) is 18.1 Å². The van der Waals surface area contributed by atoms with Gasteiger partial charge in [-0.1, -0.05) is 97.3 Å². The van der Waals surface area contributed by atoms with Crippen LogP contribution in [0.2, 0.25) is 0 Å². The molecule has 2 unspecified atom stereocenters. The molecular weight excluding hydrogens is 360 g/mol. The zero-order valence-corrected chi connectivity index (χ0v) is 18.8. The Balaban J connectivity index is 3.65. The van der Waals surface area contributed by atoms with Crippen molar-refractivity contribution in [2.75, 3.05) is 0 Å². The second-order valence-electron chi connectivity index (χ2n) is 8.19. The molecule has 0 spiro atoms. The lowest BCUT2D eigenvalue weighted by atomic mass is 10.0. The molecule has 0 aromatic heterocycles. The summed E-state index contributed by atoms with van der Waals surface area (Å²) >= 11 is 0. The van der Waals surface area contributed by atoms with E-state index in [4.69, 9.17) is 0 Å². The largest absolute Gasteiger partial charge is 0.393 e. The molecule has 4 nitrogen and oxygen atoms in total. The van der Waals surface area contributed by atoms with Crippen molar-refractivity contribution in [1.29, 1.82) is 0 Å². The van der Waals surface area contributed by atoms with Crippen LogP contribution < -0.4 is 0 Å². The second-order valence-corrected chi connectivity index (χ2v) is 9.88. The molecule has 0 saturated heterocycles. The van der Waals surface area contributed by atoms with Gasteiger partial charge < -0.3 is 5.11 Å². The number of rotatable bonds is 20. The molecule has 0 bridgehead atoms. The third-order valence-electron chi connectivity index (χ3n) is 5.51. The Kier molecular flexibility index (Phi) is 17.8. The van der Waals surface area contributed by atoms with E-state index < -0.39 is 15.4 Å². The molecule has 0 fully saturated rings. The summed E-state index contributed by atoms with van der Waals surface area (Å²) in [4.78, 5) is 0. The molecule has 0 aliphatic heterocycles. The molecule has 0 heterocycles. The van der Waals surface area contributed by atoms with Crippen LogP contribution >= 0.6 is 0 Å². The van der Waals surface area contributed by atoms with Crippen molar-refractivity contribution in [3.63, 3.8) is 0 Å². The molecule has 0 aromatic carbocycles. The fourth-order valence-electron chi connectivity index (χ4n) is 3.66. The molecule has 0 saturated carbocycles. The smallest absolute Gasteiger partial charge is 0.267 e. The Morgan fingerprint density at radius 2 is 0.963 bits per heavy atom. The highest BCUT2D eigenvalue weighted by molar-refractivity contribution is 7.86. The predicted octanol–water partition coefficient (Wildman–Crippen LogP) is 6.67. The average molecular weight is 407 g/mol. The van der Waals surface area contributed by atoms with E-state index in [1.807, 2.05) is 0 Å². The lowest BCUT2D eigenvalue weighted by Gasteiger charge is -2.15. The summed E-state index contributed by atoms with van der Waals surface area (Å²) in [5, 5.41) is 9.43. The Morgan fingerprint density at radius 1 is 0.593 bits per heavy atom. The summed E-state index contributed by atoms with van der Waals surface area (Å²) in [7, 11) is -3.96. The highest BCUT2D eigenvalue weighted by Gasteiger charge is 2.22. The Bertz CT molecular complexity index is 409. The van der Waals surface area contributed by atoms with Gasteiger partial charge in [0.2, 0.25) is 0 Å². The van der Waals surface area contributed by atoms with E-state index in [0.29, 0.717) is 25.7 Å². The van der Waals surface area contributed by atoms with Crippen molar-refractivity contribution < 1.29 is 18.1 Å². The van der Waals surface area contributed by atoms with Crippen LogP contribution in [-0.4, -0.2) is 29.4 Å². The van der Waals surface area contributed by atoms with E-state index >= 15 is 0 Å². The van der Waals surface area contributed by atoms with Crippen LogP contribution in [0.3, 0.4) is 0 Å². The van der Waals surface area contributed by atoms with Crippen molar-refractivity contribution >= 4 is 10.1 Å². The van der Waals surface area contributed by atoms with Crippen molar-refractivity contribution in [1.82, 2.24) is 0 Å². The standard InChI is InChI=1S/C22H46O4S/c1-3-5-7-8-9-10-11-12-13-15-17-21(23)18-16-20-22(27(24,25)26)19-14-6-4-2/h21-23H,3-20H2,1-2H3,(H,24,25,26). The number of aliphatic hydroxyl groups excluding tert-OH is 1. The molecule has 5 heteroatoms. The summed E-state index contributed by atoms with van der Waals surface area (Å²) < 4.78 is 32.3. The van der Waals surface area contributed by atoms with E-state index in [0.717, 1.165) is 32.1 Å². The lowest BCUT2D eigenvalue weighted by Crippen LogP contribution is -2.21. The van der Waals surface area contributed by atoms with E-state index in [1.165, 1.54) is 57.8 Å². The van der Waals surface area contributed by atoms with Gasteiger partial charge in [0.25, 0.3) is 10.1 Å². The van der Waals surface area contributed by atoms with Gasteiger partial charge in [-0.05, 0) is 32.1 Å². The first-order valence-electron chi connectivity index (χ1n) is 11.6. The predicted molar refractivity (Wildman–Crippen MR) is 116 cm³/mol. The Labute approximate surface area is 169 Å². The third kappa shape index (κ3) is 17.7. The van der Waals surface area contributed by atoms with E-state index in [-0.39, 0.29) is 6.10 Å². The van der Waals surface area contributed by atoms with Gasteiger partial charge in [0.1, 0.15) is 0 Å². The summed E-state index contributed by atoms with van der Waals surface area (Å²) in [6, 6.07) is 0. The van der Waals surface area contributed by atoms with Crippen LogP contribution in [0, 0.1) is 0 Å². The van der Waals surface area contributed by atoms with Crippen LogP contribution in [0.4, 0.5) is 0 Å². The number of hydrogen-bond acceptors (Lipinski definition) is 3. The Morgan fingerprint density at radius 3 is 1.48 bits per heavy atom. The first kappa shape index (κ1) is 26.9. The monoisotopic (exact) mass is 406 g/mol. The molecule has 27 heavy (non-hydrogen) atoms. The lowest BCUT2D eigenvalue weighted by molar-refractivity contribution is 0.147. The minimum Gasteiger partial charge on any atom is -0.393 e. The maximum absolute atomic E-state index is 11.5.